The molecule has 0 amide bonds. The smallest absolute Gasteiger partial charge is 0.156 e. The minimum atomic E-state index is -0.199. The molecule has 0 saturated carbocycles. The Labute approximate surface area is 86.6 Å². The summed E-state index contributed by atoms with van der Waals surface area (Å²) in [5.41, 5.74) is 0. The van der Waals surface area contributed by atoms with E-state index in [0.29, 0.717) is 6.61 Å². The topological polar surface area (TPSA) is 36.3 Å². The maximum Gasteiger partial charge on any atom is 0.156 e. The van der Waals surface area contributed by atoms with Gasteiger partial charge in [-0.3, -0.25) is 4.90 Å². The molecular formula is C11H20N2O. The van der Waals surface area contributed by atoms with Crippen molar-refractivity contribution in [1.29, 1.82) is 5.26 Å². The molecule has 0 aromatic heterocycles. The monoisotopic (exact) mass is 196 g/mol. The molecule has 1 atom stereocenters. The van der Waals surface area contributed by atoms with E-state index < -0.39 is 0 Å². The number of nitrogens with zero attached hydrogens (tertiary/aromatic N) is 2. The van der Waals surface area contributed by atoms with Gasteiger partial charge in [-0.25, -0.2) is 0 Å². The predicted molar refractivity (Wildman–Crippen MR) is 55.9 cm³/mol. The van der Waals surface area contributed by atoms with E-state index in [-0.39, 0.29) is 6.10 Å². The van der Waals surface area contributed by atoms with E-state index >= 15 is 0 Å². The van der Waals surface area contributed by atoms with Crippen LogP contribution in [0.3, 0.4) is 0 Å². The van der Waals surface area contributed by atoms with E-state index in [1.165, 1.54) is 25.7 Å². The quantitative estimate of drug-likeness (QED) is 0.629. The van der Waals surface area contributed by atoms with Crippen molar-refractivity contribution in [3.63, 3.8) is 0 Å². The zero-order valence-electron chi connectivity index (χ0n) is 9.04. The first-order valence-corrected chi connectivity index (χ1v) is 5.60. The van der Waals surface area contributed by atoms with Gasteiger partial charge < -0.3 is 4.74 Å². The van der Waals surface area contributed by atoms with E-state index in [9.17, 15) is 0 Å². The molecule has 1 rings (SSSR count). The standard InChI is InChI=1S/C11H20N2O/c1-2-3-4-5-6-13-7-8-14-11(9-12)10-13/h11H,2-8,10H2,1H3. The van der Waals surface area contributed by atoms with Crippen LogP contribution in [0.1, 0.15) is 32.6 Å². The Balaban J connectivity index is 2.09. The average molecular weight is 196 g/mol. The maximum atomic E-state index is 8.72. The van der Waals surface area contributed by atoms with Crippen molar-refractivity contribution < 1.29 is 4.74 Å². The largest absolute Gasteiger partial charge is 0.361 e. The summed E-state index contributed by atoms with van der Waals surface area (Å²) in [6.07, 6.45) is 4.97. The number of rotatable bonds is 5. The van der Waals surface area contributed by atoms with Crippen LogP contribution in [0.2, 0.25) is 0 Å². The van der Waals surface area contributed by atoms with Gasteiger partial charge >= 0.3 is 0 Å². The van der Waals surface area contributed by atoms with Crippen LogP contribution in [0.5, 0.6) is 0 Å². The Morgan fingerprint density at radius 1 is 1.43 bits per heavy atom. The van der Waals surface area contributed by atoms with Crippen LogP contribution in [0.4, 0.5) is 0 Å². The summed E-state index contributed by atoms with van der Waals surface area (Å²) >= 11 is 0. The molecule has 1 unspecified atom stereocenters. The van der Waals surface area contributed by atoms with E-state index in [1.807, 2.05) is 0 Å². The molecule has 1 fully saturated rings. The Morgan fingerprint density at radius 3 is 3.00 bits per heavy atom. The van der Waals surface area contributed by atoms with E-state index in [4.69, 9.17) is 10.00 Å². The molecule has 3 nitrogen and oxygen atoms in total. The molecule has 0 bridgehead atoms. The van der Waals surface area contributed by atoms with Crippen LogP contribution in [0, 0.1) is 11.3 Å². The van der Waals surface area contributed by atoms with E-state index in [0.717, 1.165) is 19.6 Å². The van der Waals surface area contributed by atoms with E-state index in [1.54, 1.807) is 0 Å². The lowest BCUT2D eigenvalue weighted by atomic mass is 10.2. The molecule has 0 aliphatic carbocycles. The predicted octanol–water partition coefficient (Wildman–Crippen LogP) is 1.79. The van der Waals surface area contributed by atoms with Crippen molar-refractivity contribution in [2.75, 3.05) is 26.2 Å². The van der Waals surface area contributed by atoms with Gasteiger partial charge in [0.15, 0.2) is 6.10 Å². The highest BCUT2D eigenvalue weighted by molar-refractivity contribution is 4.89. The Morgan fingerprint density at radius 2 is 2.29 bits per heavy atom. The van der Waals surface area contributed by atoms with Gasteiger partial charge in [0.1, 0.15) is 0 Å². The van der Waals surface area contributed by atoms with Gasteiger partial charge in [-0.1, -0.05) is 26.2 Å². The number of hydrogen-bond donors (Lipinski definition) is 0. The molecule has 1 aliphatic heterocycles. The van der Waals surface area contributed by atoms with Gasteiger partial charge in [0.05, 0.1) is 12.7 Å². The Hall–Kier alpha value is -0.590. The van der Waals surface area contributed by atoms with Gasteiger partial charge in [0.25, 0.3) is 0 Å². The van der Waals surface area contributed by atoms with Crippen LogP contribution in [-0.2, 0) is 4.74 Å². The molecule has 0 radical (unpaired) electrons. The maximum absolute atomic E-state index is 8.72. The number of morpholine rings is 1. The van der Waals surface area contributed by atoms with Crippen LogP contribution >= 0.6 is 0 Å². The summed E-state index contributed by atoms with van der Waals surface area (Å²) in [6, 6.07) is 2.17. The van der Waals surface area contributed by atoms with Gasteiger partial charge in [-0.2, -0.15) is 5.26 Å². The van der Waals surface area contributed by atoms with Crippen LogP contribution in [-0.4, -0.2) is 37.2 Å². The second-order valence-electron chi connectivity index (χ2n) is 3.85. The highest BCUT2D eigenvalue weighted by atomic mass is 16.5. The minimum absolute atomic E-state index is 0.199. The van der Waals surface area contributed by atoms with Gasteiger partial charge in [-0.05, 0) is 13.0 Å². The Bertz CT molecular complexity index is 188. The first kappa shape index (κ1) is 11.5. The number of unbranched alkanes of at least 4 members (excludes halogenated alkanes) is 3. The number of nitriles is 1. The summed E-state index contributed by atoms with van der Waals surface area (Å²) in [4.78, 5) is 2.34. The molecule has 80 valence electrons. The highest BCUT2D eigenvalue weighted by Crippen LogP contribution is 2.07. The van der Waals surface area contributed by atoms with Crippen molar-refractivity contribution in [2.45, 2.75) is 38.7 Å². The molecule has 0 N–H and O–H groups in total. The second-order valence-corrected chi connectivity index (χ2v) is 3.85. The van der Waals surface area contributed by atoms with Gasteiger partial charge in [0, 0.05) is 13.1 Å². The van der Waals surface area contributed by atoms with Crippen LogP contribution in [0.15, 0.2) is 0 Å². The van der Waals surface area contributed by atoms with Crippen molar-refractivity contribution in [1.82, 2.24) is 4.90 Å². The zero-order valence-corrected chi connectivity index (χ0v) is 9.04. The van der Waals surface area contributed by atoms with E-state index in [2.05, 4.69) is 17.9 Å². The fourth-order valence-electron chi connectivity index (χ4n) is 1.75. The minimum Gasteiger partial charge on any atom is -0.361 e. The zero-order chi connectivity index (χ0) is 10.2. The summed E-state index contributed by atoms with van der Waals surface area (Å²) in [7, 11) is 0. The first-order chi connectivity index (χ1) is 6.86. The SMILES string of the molecule is CCCCCCN1CCOC(C#N)C1. The first-order valence-electron chi connectivity index (χ1n) is 5.60. The molecule has 1 saturated heterocycles. The summed E-state index contributed by atoms with van der Waals surface area (Å²) in [5.74, 6) is 0. The number of hydrogen-bond acceptors (Lipinski definition) is 3. The Kier molecular flexibility index (Phi) is 5.58. The third-order valence-corrected chi connectivity index (χ3v) is 2.62. The highest BCUT2D eigenvalue weighted by Gasteiger charge is 2.18. The fraction of sp³-hybridized carbons (Fsp3) is 0.909. The molecule has 0 aromatic carbocycles. The molecule has 0 spiro atoms. The molecular weight excluding hydrogens is 176 g/mol. The fourth-order valence-corrected chi connectivity index (χ4v) is 1.75. The second kappa shape index (κ2) is 6.80. The van der Waals surface area contributed by atoms with Crippen molar-refractivity contribution in [2.24, 2.45) is 0 Å². The summed E-state index contributed by atoms with van der Waals surface area (Å²) < 4.78 is 5.28. The lowest BCUT2D eigenvalue weighted by molar-refractivity contribution is 0.0000435. The molecule has 1 aliphatic rings. The third-order valence-electron chi connectivity index (χ3n) is 2.62. The van der Waals surface area contributed by atoms with Gasteiger partial charge in [-0.15, -0.1) is 0 Å². The number of ether oxygens (including phenoxy) is 1. The third kappa shape index (κ3) is 4.08. The lowest BCUT2D eigenvalue weighted by Crippen LogP contribution is -2.42. The molecule has 1 heterocycles. The van der Waals surface area contributed by atoms with Crippen LogP contribution in [0.25, 0.3) is 0 Å². The van der Waals surface area contributed by atoms with Crippen LogP contribution < -0.4 is 0 Å². The molecule has 14 heavy (non-hydrogen) atoms. The average Bonchev–Trinajstić information content (AvgIpc) is 2.25. The molecule has 3 heteroatoms. The lowest BCUT2D eigenvalue weighted by Gasteiger charge is -2.29. The molecule has 0 aromatic rings. The summed E-state index contributed by atoms with van der Waals surface area (Å²) in [5, 5.41) is 8.72. The summed E-state index contributed by atoms with van der Waals surface area (Å²) in [6.45, 7) is 5.85. The van der Waals surface area contributed by atoms with Gasteiger partial charge in [0.2, 0.25) is 0 Å². The normalized spacial score (nSPS) is 23.3. The van der Waals surface area contributed by atoms with Crippen molar-refractivity contribution >= 4 is 0 Å². The van der Waals surface area contributed by atoms with Crippen molar-refractivity contribution in [3.05, 3.63) is 0 Å². The van der Waals surface area contributed by atoms with Crippen molar-refractivity contribution in [3.8, 4) is 6.07 Å².